The lowest BCUT2D eigenvalue weighted by Gasteiger charge is -2.18. The summed E-state index contributed by atoms with van der Waals surface area (Å²) < 4.78 is 40.1. The molecule has 6 heteroatoms. The number of rotatable bonds is 4. The van der Waals surface area contributed by atoms with Crippen molar-refractivity contribution >= 4 is 5.91 Å². The van der Waals surface area contributed by atoms with Crippen molar-refractivity contribution in [2.75, 3.05) is 0 Å². The van der Waals surface area contributed by atoms with Gasteiger partial charge in [-0.1, -0.05) is 30.3 Å². The van der Waals surface area contributed by atoms with E-state index in [9.17, 15) is 18.0 Å². The zero-order valence-corrected chi connectivity index (χ0v) is 12.1. The molecule has 0 aromatic heterocycles. The molecule has 0 radical (unpaired) electrons. The van der Waals surface area contributed by atoms with Crippen molar-refractivity contribution in [2.24, 2.45) is 0 Å². The van der Waals surface area contributed by atoms with Crippen LogP contribution < -0.4 is 10.1 Å². The summed E-state index contributed by atoms with van der Waals surface area (Å²) in [5, 5.41) is 2.97. The first-order chi connectivity index (χ1) is 10.9. The monoisotopic (exact) mass is 321 g/mol. The summed E-state index contributed by atoms with van der Waals surface area (Å²) in [4.78, 5) is 12.3. The summed E-state index contributed by atoms with van der Waals surface area (Å²) in [6.45, 7) is 0. The van der Waals surface area contributed by atoms with Gasteiger partial charge in [-0.3, -0.25) is 4.79 Å². The van der Waals surface area contributed by atoms with Gasteiger partial charge in [0.2, 0.25) is 0 Å². The maximum atomic E-state index is 12.3. The van der Waals surface area contributed by atoms with Crippen LogP contribution in [-0.4, -0.2) is 12.3 Å². The highest BCUT2D eigenvalue weighted by Crippen LogP contribution is 2.45. The minimum absolute atomic E-state index is 0.293. The molecule has 1 amide bonds. The summed E-state index contributed by atoms with van der Waals surface area (Å²) in [5.41, 5.74) is 0.964. The molecule has 3 nitrogen and oxygen atoms in total. The van der Waals surface area contributed by atoms with Crippen LogP contribution in [0.3, 0.4) is 0 Å². The average Bonchev–Trinajstić information content (AvgIpc) is 3.28. The Morgan fingerprint density at radius 2 is 1.61 bits per heavy atom. The number of amides is 1. The van der Waals surface area contributed by atoms with Gasteiger partial charge in [0.25, 0.3) is 5.91 Å². The molecule has 1 aliphatic carbocycles. The molecule has 0 aliphatic heterocycles. The van der Waals surface area contributed by atoms with E-state index in [2.05, 4.69) is 10.1 Å². The number of alkyl halides is 3. The topological polar surface area (TPSA) is 38.3 Å². The van der Waals surface area contributed by atoms with Crippen molar-refractivity contribution < 1.29 is 22.7 Å². The second-order valence-electron chi connectivity index (χ2n) is 5.47. The third kappa shape index (κ3) is 3.64. The molecule has 1 aliphatic rings. The molecule has 1 saturated carbocycles. The quantitative estimate of drug-likeness (QED) is 0.924. The number of ether oxygens (including phenoxy) is 1. The summed E-state index contributed by atoms with van der Waals surface area (Å²) in [5.74, 6) is -0.664. The molecule has 0 saturated heterocycles. The second kappa shape index (κ2) is 5.61. The molecule has 3 rings (SSSR count). The number of halogens is 3. The van der Waals surface area contributed by atoms with Crippen LogP contribution in [0.4, 0.5) is 13.2 Å². The van der Waals surface area contributed by atoms with E-state index in [1.165, 1.54) is 12.1 Å². The zero-order chi connectivity index (χ0) is 16.5. The first kappa shape index (κ1) is 15.4. The Balaban J connectivity index is 1.69. The van der Waals surface area contributed by atoms with Crippen molar-refractivity contribution in [3.8, 4) is 5.75 Å². The number of carbonyl (C=O) groups excluding carboxylic acids is 1. The molecule has 2 aromatic carbocycles. The molecule has 0 atom stereocenters. The fraction of sp³-hybridized carbons (Fsp3) is 0.235. The highest BCUT2D eigenvalue weighted by atomic mass is 19.4. The fourth-order valence-electron chi connectivity index (χ4n) is 2.47. The second-order valence-corrected chi connectivity index (χ2v) is 5.47. The van der Waals surface area contributed by atoms with E-state index in [1.807, 2.05) is 30.3 Å². The Morgan fingerprint density at radius 1 is 1.00 bits per heavy atom. The molecule has 0 bridgehead atoms. The number of benzene rings is 2. The van der Waals surface area contributed by atoms with E-state index in [0.717, 1.165) is 30.5 Å². The van der Waals surface area contributed by atoms with E-state index in [4.69, 9.17) is 0 Å². The van der Waals surface area contributed by atoms with Gasteiger partial charge >= 0.3 is 6.36 Å². The maximum Gasteiger partial charge on any atom is 0.573 e. The third-order valence-electron chi connectivity index (χ3n) is 3.78. The first-order valence-electron chi connectivity index (χ1n) is 7.12. The van der Waals surface area contributed by atoms with Crippen LogP contribution in [-0.2, 0) is 5.54 Å². The van der Waals surface area contributed by atoms with Crippen LogP contribution in [0.5, 0.6) is 5.75 Å². The van der Waals surface area contributed by atoms with Crippen LogP contribution >= 0.6 is 0 Å². The van der Waals surface area contributed by atoms with Gasteiger partial charge in [-0.05, 0) is 42.7 Å². The highest BCUT2D eigenvalue weighted by Gasteiger charge is 2.45. The van der Waals surface area contributed by atoms with Gasteiger partial charge in [-0.2, -0.15) is 0 Å². The Bertz CT molecular complexity index is 692. The van der Waals surface area contributed by atoms with Gasteiger partial charge < -0.3 is 10.1 Å². The van der Waals surface area contributed by atoms with Crippen molar-refractivity contribution in [3.05, 3.63) is 65.7 Å². The van der Waals surface area contributed by atoms with Crippen LogP contribution in [0.15, 0.2) is 54.6 Å². The summed E-state index contributed by atoms with van der Waals surface area (Å²) >= 11 is 0. The van der Waals surface area contributed by atoms with Gasteiger partial charge in [0, 0.05) is 5.56 Å². The molecule has 0 unspecified atom stereocenters. The number of nitrogens with one attached hydrogen (secondary N) is 1. The Morgan fingerprint density at radius 3 is 2.13 bits per heavy atom. The van der Waals surface area contributed by atoms with E-state index < -0.39 is 6.36 Å². The van der Waals surface area contributed by atoms with E-state index >= 15 is 0 Å². The van der Waals surface area contributed by atoms with Crippen LogP contribution in [0.1, 0.15) is 28.8 Å². The molecule has 1 fully saturated rings. The van der Waals surface area contributed by atoms with Crippen molar-refractivity contribution in [1.82, 2.24) is 5.32 Å². The minimum atomic E-state index is -4.74. The van der Waals surface area contributed by atoms with Gasteiger partial charge in [-0.25, -0.2) is 0 Å². The van der Waals surface area contributed by atoms with Gasteiger partial charge in [0.1, 0.15) is 5.75 Å². The summed E-state index contributed by atoms with van der Waals surface area (Å²) in [6.07, 6.45) is -3.05. The predicted octanol–water partition coefficient (Wildman–Crippen LogP) is 4.00. The number of carbonyl (C=O) groups is 1. The molecule has 0 spiro atoms. The fourth-order valence-corrected chi connectivity index (χ4v) is 2.47. The molecular weight excluding hydrogens is 307 g/mol. The molecule has 2 aromatic rings. The van der Waals surface area contributed by atoms with Crippen molar-refractivity contribution in [1.29, 1.82) is 0 Å². The number of hydrogen-bond acceptors (Lipinski definition) is 2. The van der Waals surface area contributed by atoms with Crippen LogP contribution in [0.25, 0.3) is 0 Å². The molecule has 1 N–H and O–H groups in total. The van der Waals surface area contributed by atoms with Gasteiger partial charge in [0.05, 0.1) is 5.54 Å². The standard InChI is InChI=1S/C17H14F3NO2/c18-17(19,20)23-14-8-6-12(7-9-14)15(22)21-16(10-11-16)13-4-2-1-3-5-13/h1-9H,10-11H2,(H,21,22). The van der Waals surface area contributed by atoms with Crippen molar-refractivity contribution in [2.45, 2.75) is 24.7 Å². The molecule has 0 heterocycles. The van der Waals surface area contributed by atoms with E-state index in [-0.39, 0.29) is 17.2 Å². The largest absolute Gasteiger partial charge is 0.573 e. The molecule has 120 valence electrons. The Hall–Kier alpha value is -2.50. The highest BCUT2D eigenvalue weighted by molar-refractivity contribution is 5.95. The van der Waals surface area contributed by atoms with Gasteiger partial charge in [-0.15, -0.1) is 13.2 Å². The zero-order valence-electron chi connectivity index (χ0n) is 12.1. The SMILES string of the molecule is O=C(NC1(c2ccccc2)CC1)c1ccc(OC(F)(F)F)cc1. The Kier molecular flexibility index (Phi) is 3.75. The first-order valence-corrected chi connectivity index (χ1v) is 7.12. The van der Waals surface area contributed by atoms with Crippen LogP contribution in [0.2, 0.25) is 0 Å². The smallest absolute Gasteiger partial charge is 0.406 e. The lowest BCUT2D eigenvalue weighted by Crippen LogP contribution is -2.34. The minimum Gasteiger partial charge on any atom is -0.406 e. The normalized spacial score (nSPS) is 15.8. The van der Waals surface area contributed by atoms with Crippen LogP contribution in [0, 0.1) is 0 Å². The molecular formula is C17H14F3NO2. The average molecular weight is 321 g/mol. The maximum absolute atomic E-state index is 12.3. The van der Waals surface area contributed by atoms with Gasteiger partial charge in [0.15, 0.2) is 0 Å². The van der Waals surface area contributed by atoms with Crippen molar-refractivity contribution in [3.63, 3.8) is 0 Å². The van der Waals surface area contributed by atoms with E-state index in [1.54, 1.807) is 0 Å². The lowest BCUT2D eigenvalue weighted by molar-refractivity contribution is -0.274. The molecule has 23 heavy (non-hydrogen) atoms. The Labute approximate surface area is 131 Å². The summed E-state index contributed by atoms with van der Waals surface area (Å²) in [7, 11) is 0. The van der Waals surface area contributed by atoms with E-state index in [0.29, 0.717) is 5.56 Å². The predicted molar refractivity (Wildman–Crippen MR) is 77.9 cm³/mol. The summed E-state index contributed by atoms with van der Waals surface area (Å²) in [6, 6.07) is 14.5. The third-order valence-corrected chi connectivity index (χ3v) is 3.78. The number of hydrogen-bond donors (Lipinski definition) is 1. The lowest BCUT2D eigenvalue weighted by atomic mass is 10.0.